The quantitative estimate of drug-likeness (QED) is 0.621. The van der Waals surface area contributed by atoms with Gasteiger partial charge in [-0.3, -0.25) is 4.79 Å². The molecule has 0 saturated carbocycles. The Balaban J connectivity index is 3.33. The van der Waals surface area contributed by atoms with Crippen molar-refractivity contribution in [2.45, 2.75) is 0 Å². The molecule has 1 rings (SSSR count). The number of rotatable bonds is 2. The SMILES string of the molecule is COc1cc(Br)nc(Br)c1C=O. The van der Waals surface area contributed by atoms with Gasteiger partial charge in [0.1, 0.15) is 15.0 Å². The number of hydrogen-bond acceptors (Lipinski definition) is 3. The number of pyridine rings is 1. The summed E-state index contributed by atoms with van der Waals surface area (Å²) < 4.78 is 6.06. The zero-order valence-electron chi connectivity index (χ0n) is 6.17. The summed E-state index contributed by atoms with van der Waals surface area (Å²) in [4.78, 5) is 14.5. The molecule has 1 aromatic heterocycles. The fraction of sp³-hybridized carbons (Fsp3) is 0.143. The van der Waals surface area contributed by atoms with E-state index in [1.54, 1.807) is 6.07 Å². The minimum atomic E-state index is 0.417. The Labute approximate surface area is 86.4 Å². The average Bonchev–Trinajstić information content (AvgIpc) is 2.03. The van der Waals surface area contributed by atoms with Crippen LogP contribution in [0.25, 0.3) is 0 Å². The number of halogens is 2. The van der Waals surface area contributed by atoms with E-state index in [9.17, 15) is 4.79 Å². The first kappa shape index (κ1) is 9.67. The molecule has 3 nitrogen and oxygen atoms in total. The van der Waals surface area contributed by atoms with E-state index in [1.165, 1.54) is 7.11 Å². The Kier molecular flexibility index (Phi) is 3.22. The Morgan fingerprint density at radius 1 is 1.58 bits per heavy atom. The van der Waals surface area contributed by atoms with Gasteiger partial charge in [-0.25, -0.2) is 4.98 Å². The molecule has 0 radical (unpaired) electrons. The number of aromatic nitrogens is 1. The number of aldehydes is 1. The Hall–Kier alpha value is -0.420. The van der Waals surface area contributed by atoms with Gasteiger partial charge < -0.3 is 4.74 Å². The topological polar surface area (TPSA) is 39.2 Å². The van der Waals surface area contributed by atoms with Crippen LogP contribution in [-0.4, -0.2) is 18.4 Å². The second-order valence-corrected chi connectivity index (χ2v) is 3.53. The normalized spacial score (nSPS) is 9.58. The molecular weight excluding hydrogens is 290 g/mol. The maximum atomic E-state index is 10.6. The molecule has 1 heterocycles. The predicted octanol–water partition coefficient (Wildman–Crippen LogP) is 2.43. The largest absolute Gasteiger partial charge is 0.496 e. The maximum Gasteiger partial charge on any atom is 0.156 e. The fourth-order valence-electron chi connectivity index (χ4n) is 0.749. The molecular formula is C7H5Br2NO2. The molecule has 0 spiro atoms. The van der Waals surface area contributed by atoms with Crippen molar-refractivity contribution in [1.82, 2.24) is 4.98 Å². The lowest BCUT2D eigenvalue weighted by Crippen LogP contribution is -1.94. The van der Waals surface area contributed by atoms with Crippen LogP contribution >= 0.6 is 31.9 Å². The first-order chi connectivity index (χ1) is 5.69. The minimum absolute atomic E-state index is 0.417. The molecule has 0 amide bonds. The van der Waals surface area contributed by atoms with E-state index in [4.69, 9.17) is 4.74 Å². The Bertz CT molecular complexity index is 315. The number of ether oxygens (including phenoxy) is 1. The monoisotopic (exact) mass is 293 g/mol. The van der Waals surface area contributed by atoms with Crippen LogP contribution in [-0.2, 0) is 0 Å². The Morgan fingerprint density at radius 3 is 2.75 bits per heavy atom. The zero-order valence-corrected chi connectivity index (χ0v) is 9.35. The van der Waals surface area contributed by atoms with Crippen LogP contribution in [0.4, 0.5) is 0 Å². The van der Waals surface area contributed by atoms with Crippen LogP contribution in [0.5, 0.6) is 5.75 Å². The molecule has 0 aliphatic heterocycles. The highest BCUT2D eigenvalue weighted by atomic mass is 79.9. The Morgan fingerprint density at radius 2 is 2.25 bits per heavy atom. The van der Waals surface area contributed by atoms with E-state index >= 15 is 0 Å². The second-order valence-electron chi connectivity index (χ2n) is 1.97. The van der Waals surface area contributed by atoms with Crippen molar-refractivity contribution < 1.29 is 9.53 Å². The lowest BCUT2D eigenvalue weighted by atomic mass is 10.3. The highest BCUT2D eigenvalue weighted by Crippen LogP contribution is 2.26. The standard InChI is InChI=1S/C7H5Br2NO2/c1-12-5-2-6(8)10-7(9)4(5)3-11/h2-3H,1H3. The predicted molar refractivity (Wildman–Crippen MR) is 51.6 cm³/mol. The van der Waals surface area contributed by atoms with Gasteiger partial charge in [0, 0.05) is 6.07 Å². The van der Waals surface area contributed by atoms with E-state index in [0.29, 0.717) is 26.8 Å². The van der Waals surface area contributed by atoms with E-state index in [-0.39, 0.29) is 0 Å². The van der Waals surface area contributed by atoms with Crippen molar-refractivity contribution in [1.29, 1.82) is 0 Å². The number of nitrogens with zero attached hydrogens (tertiary/aromatic N) is 1. The van der Waals surface area contributed by atoms with Gasteiger partial charge in [-0.1, -0.05) is 0 Å². The van der Waals surface area contributed by atoms with Crippen molar-refractivity contribution in [3.63, 3.8) is 0 Å². The van der Waals surface area contributed by atoms with Crippen molar-refractivity contribution in [3.05, 3.63) is 20.8 Å². The van der Waals surface area contributed by atoms with Crippen LogP contribution < -0.4 is 4.74 Å². The fourth-order valence-corrected chi connectivity index (χ4v) is 1.85. The molecule has 0 N–H and O–H groups in total. The molecule has 0 saturated heterocycles. The number of hydrogen-bond donors (Lipinski definition) is 0. The average molecular weight is 295 g/mol. The van der Waals surface area contributed by atoms with Gasteiger partial charge in [0.2, 0.25) is 0 Å². The second kappa shape index (κ2) is 4.00. The van der Waals surface area contributed by atoms with E-state index in [1.807, 2.05) is 0 Å². The summed E-state index contributed by atoms with van der Waals surface area (Å²) in [6, 6.07) is 1.63. The van der Waals surface area contributed by atoms with Crippen LogP contribution in [0.2, 0.25) is 0 Å². The third kappa shape index (κ3) is 1.84. The molecule has 0 bridgehead atoms. The minimum Gasteiger partial charge on any atom is -0.496 e. The van der Waals surface area contributed by atoms with Crippen molar-refractivity contribution in [2.75, 3.05) is 7.11 Å². The van der Waals surface area contributed by atoms with Gasteiger partial charge in [0.15, 0.2) is 6.29 Å². The first-order valence-corrected chi connectivity index (χ1v) is 4.63. The molecule has 0 unspecified atom stereocenters. The molecule has 5 heteroatoms. The maximum absolute atomic E-state index is 10.6. The van der Waals surface area contributed by atoms with Crippen LogP contribution in [0, 0.1) is 0 Å². The highest BCUT2D eigenvalue weighted by Gasteiger charge is 2.08. The van der Waals surface area contributed by atoms with Crippen LogP contribution in [0.15, 0.2) is 15.3 Å². The third-order valence-corrected chi connectivity index (χ3v) is 2.29. The molecule has 12 heavy (non-hydrogen) atoms. The van der Waals surface area contributed by atoms with Gasteiger partial charge in [-0.05, 0) is 31.9 Å². The zero-order chi connectivity index (χ0) is 9.14. The number of carbonyl (C=O) groups is 1. The molecule has 0 aliphatic rings. The summed E-state index contributed by atoms with van der Waals surface area (Å²) in [5.74, 6) is 0.499. The molecule has 0 aromatic carbocycles. The molecule has 0 fully saturated rings. The summed E-state index contributed by atoms with van der Waals surface area (Å²) >= 11 is 6.33. The van der Waals surface area contributed by atoms with E-state index in [2.05, 4.69) is 36.8 Å². The third-order valence-electron chi connectivity index (χ3n) is 1.28. The molecule has 64 valence electrons. The van der Waals surface area contributed by atoms with Crippen LogP contribution in [0.3, 0.4) is 0 Å². The lowest BCUT2D eigenvalue weighted by Gasteiger charge is -2.04. The summed E-state index contributed by atoms with van der Waals surface area (Å²) in [5.41, 5.74) is 0.417. The molecule has 0 aliphatic carbocycles. The lowest BCUT2D eigenvalue weighted by molar-refractivity contribution is 0.111. The van der Waals surface area contributed by atoms with Crippen molar-refractivity contribution in [2.24, 2.45) is 0 Å². The van der Waals surface area contributed by atoms with Gasteiger partial charge in [-0.2, -0.15) is 0 Å². The summed E-state index contributed by atoms with van der Waals surface area (Å²) in [6.45, 7) is 0. The molecule has 0 atom stereocenters. The summed E-state index contributed by atoms with van der Waals surface area (Å²) in [5, 5.41) is 0. The smallest absolute Gasteiger partial charge is 0.156 e. The van der Waals surface area contributed by atoms with Gasteiger partial charge in [0.25, 0.3) is 0 Å². The van der Waals surface area contributed by atoms with Gasteiger partial charge in [-0.15, -0.1) is 0 Å². The van der Waals surface area contributed by atoms with Crippen molar-refractivity contribution in [3.8, 4) is 5.75 Å². The first-order valence-electron chi connectivity index (χ1n) is 3.04. The highest BCUT2D eigenvalue weighted by molar-refractivity contribution is 9.11. The van der Waals surface area contributed by atoms with Crippen LogP contribution in [0.1, 0.15) is 10.4 Å². The summed E-state index contributed by atoms with van der Waals surface area (Å²) in [7, 11) is 1.50. The van der Waals surface area contributed by atoms with E-state index in [0.717, 1.165) is 0 Å². The van der Waals surface area contributed by atoms with E-state index < -0.39 is 0 Å². The van der Waals surface area contributed by atoms with Gasteiger partial charge in [0.05, 0.1) is 12.7 Å². The molecule has 1 aromatic rings. The van der Waals surface area contributed by atoms with Crippen molar-refractivity contribution >= 4 is 38.1 Å². The number of methoxy groups -OCH3 is 1. The summed E-state index contributed by atoms with van der Waals surface area (Å²) in [6.07, 6.45) is 0.697. The van der Waals surface area contributed by atoms with Gasteiger partial charge >= 0.3 is 0 Å². The number of carbonyl (C=O) groups excluding carboxylic acids is 1.